The maximum absolute atomic E-state index is 14.2. The monoisotopic (exact) mass is 687 g/mol. The molecule has 1 aliphatic rings. The molecular weight excluding hydrogens is 668 g/mol. The van der Waals surface area contributed by atoms with Crippen LogP contribution in [0.15, 0.2) is 64.4 Å². The number of hydrogen-bond acceptors (Lipinski definition) is 7. The molecule has 0 radical (unpaired) electrons. The van der Waals surface area contributed by atoms with Crippen LogP contribution in [0.1, 0.15) is 23.6 Å². The second-order valence-electron chi connectivity index (χ2n) is 8.08. The highest BCUT2D eigenvalue weighted by atomic mass is 127. The third-order valence-electron chi connectivity index (χ3n) is 5.38. The predicted octanol–water partition coefficient (Wildman–Crippen LogP) is 6.80. The number of imide groups is 1. The SMILES string of the molecule is CCOc1cc(/C=C2\SC(=O)N(Cc3c(F)cccc3Cl)C2=O)cc(I)c1OS(=O)(=O)c1ccc(C)cc1. The summed E-state index contributed by atoms with van der Waals surface area (Å²) in [5.41, 5.74) is 1.42. The minimum Gasteiger partial charge on any atom is -0.490 e. The van der Waals surface area contributed by atoms with Gasteiger partial charge in [-0.05, 0) is 96.2 Å². The maximum Gasteiger partial charge on any atom is 0.339 e. The second kappa shape index (κ2) is 11.6. The number of nitrogens with zero attached hydrogens (tertiary/aromatic N) is 1. The van der Waals surface area contributed by atoms with Gasteiger partial charge in [0.25, 0.3) is 11.1 Å². The Hall–Kier alpha value is -2.61. The van der Waals surface area contributed by atoms with Crippen molar-refractivity contribution in [2.24, 2.45) is 0 Å². The molecule has 198 valence electrons. The van der Waals surface area contributed by atoms with Crippen molar-refractivity contribution in [1.82, 2.24) is 4.90 Å². The molecule has 0 bridgehead atoms. The molecule has 0 N–H and O–H groups in total. The van der Waals surface area contributed by atoms with Crippen LogP contribution in [0.5, 0.6) is 11.5 Å². The number of benzene rings is 3. The summed E-state index contributed by atoms with van der Waals surface area (Å²) in [7, 11) is -4.14. The van der Waals surface area contributed by atoms with E-state index in [0.29, 0.717) is 20.9 Å². The first kappa shape index (κ1) is 28.4. The van der Waals surface area contributed by atoms with E-state index in [1.165, 1.54) is 42.5 Å². The minimum absolute atomic E-state index is 0.00550. The molecule has 38 heavy (non-hydrogen) atoms. The lowest BCUT2D eigenvalue weighted by Crippen LogP contribution is -2.28. The van der Waals surface area contributed by atoms with Gasteiger partial charge in [-0.1, -0.05) is 35.4 Å². The maximum atomic E-state index is 14.2. The van der Waals surface area contributed by atoms with Gasteiger partial charge in [0.1, 0.15) is 10.7 Å². The van der Waals surface area contributed by atoms with E-state index in [9.17, 15) is 22.4 Å². The van der Waals surface area contributed by atoms with Crippen molar-refractivity contribution in [2.45, 2.75) is 25.3 Å². The van der Waals surface area contributed by atoms with Crippen LogP contribution in [0.25, 0.3) is 6.08 Å². The summed E-state index contributed by atoms with van der Waals surface area (Å²) >= 11 is 8.68. The zero-order valence-electron chi connectivity index (χ0n) is 20.0. The van der Waals surface area contributed by atoms with Crippen LogP contribution < -0.4 is 8.92 Å². The molecule has 0 spiro atoms. The van der Waals surface area contributed by atoms with E-state index < -0.39 is 27.1 Å². The molecule has 0 atom stereocenters. The highest BCUT2D eigenvalue weighted by molar-refractivity contribution is 14.1. The van der Waals surface area contributed by atoms with Crippen molar-refractivity contribution < 1.29 is 31.3 Å². The first-order valence-electron chi connectivity index (χ1n) is 11.2. The second-order valence-corrected chi connectivity index (χ2v) is 12.2. The number of carbonyl (C=O) groups excluding carboxylic acids is 2. The number of ether oxygens (including phenoxy) is 1. The fourth-order valence-corrected chi connectivity index (χ4v) is 6.41. The standard InChI is InChI=1S/C26H20ClFINO6S2/c1-3-35-22-12-16(11-21(29)24(22)36-38(33,34)17-9-7-15(2)8-10-17)13-23-25(31)30(26(32)37-23)14-18-19(27)5-4-6-20(18)28/h4-13H,3,14H2,1-2H3/b23-13-. The molecule has 0 aliphatic carbocycles. The van der Waals surface area contributed by atoms with Crippen molar-refractivity contribution in [3.63, 3.8) is 0 Å². The number of amides is 2. The van der Waals surface area contributed by atoms with E-state index in [4.69, 9.17) is 20.5 Å². The Morgan fingerprint density at radius 3 is 2.50 bits per heavy atom. The molecule has 12 heteroatoms. The summed E-state index contributed by atoms with van der Waals surface area (Å²) in [6.45, 7) is 3.49. The van der Waals surface area contributed by atoms with Gasteiger partial charge in [0.15, 0.2) is 11.5 Å². The lowest BCUT2D eigenvalue weighted by atomic mass is 10.1. The summed E-state index contributed by atoms with van der Waals surface area (Å²) in [6, 6.07) is 13.5. The van der Waals surface area contributed by atoms with Gasteiger partial charge in [-0.25, -0.2) is 4.39 Å². The highest BCUT2D eigenvalue weighted by Crippen LogP contribution is 2.39. The average Bonchev–Trinajstić information content (AvgIpc) is 3.11. The number of hydrogen-bond donors (Lipinski definition) is 0. The van der Waals surface area contributed by atoms with Gasteiger partial charge in [0.2, 0.25) is 0 Å². The molecule has 3 aromatic rings. The van der Waals surface area contributed by atoms with E-state index in [1.807, 2.05) is 29.5 Å². The van der Waals surface area contributed by atoms with Gasteiger partial charge in [0.05, 0.1) is 21.6 Å². The summed E-state index contributed by atoms with van der Waals surface area (Å²) < 4.78 is 51.5. The first-order chi connectivity index (χ1) is 18.0. The first-order valence-corrected chi connectivity index (χ1v) is 14.8. The molecule has 4 rings (SSSR count). The average molecular weight is 688 g/mol. The Bertz CT molecular complexity index is 1540. The molecule has 1 aliphatic heterocycles. The zero-order chi connectivity index (χ0) is 27.6. The predicted molar refractivity (Wildman–Crippen MR) is 152 cm³/mol. The normalized spacial score (nSPS) is 14.9. The summed E-state index contributed by atoms with van der Waals surface area (Å²) in [5.74, 6) is -1.06. The molecule has 3 aromatic carbocycles. The van der Waals surface area contributed by atoms with E-state index in [1.54, 1.807) is 25.1 Å². The summed E-state index contributed by atoms with van der Waals surface area (Å²) in [4.78, 5) is 26.6. The smallest absolute Gasteiger partial charge is 0.339 e. The molecule has 7 nitrogen and oxygen atoms in total. The number of rotatable bonds is 8. The molecule has 2 amide bonds. The van der Waals surface area contributed by atoms with Crippen LogP contribution in [0, 0.1) is 16.3 Å². The van der Waals surface area contributed by atoms with Crippen LogP contribution in [0.2, 0.25) is 5.02 Å². The quantitative estimate of drug-likeness (QED) is 0.146. The van der Waals surface area contributed by atoms with Gasteiger partial charge < -0.3 is 8.92 Å². The Labute approximate surface area is 242 Å². The third kappa shape index (κ3) is 6.16. The van der Waals surface area contributed by atoms with Crippen molar-refractivity contribution in [2.75, 3.05) is 6.61 Å². The van der Waals surface area contributed by atoms with Crippen LogP contribution in [-0.2, 0) is 21.5 Å². The molecule has 0 unspecified atom stereocenters. The third-order valence-corrected chi connectivity index (χ3v) is 8.68. The number of aryl methyl sites for hydroxylation is 1. The topological polar surface area (TPSA) is 90.0 Å². The lowest BCUT2D eigenvalue weighted by Gasteiger charge is -2.15. The molecule has 1 saturated heterocycles. The Balaban J connectivity index is 1.63. The van der Waals surface area contributed by atoms with Crippen LogP contribution in [-0.4, -0.2) is 31.1 Å². The molecule has 0 saturated carbocycles. The van der Waals surface area contributed by atoms with Gasteiger partial charge in [-0.3, -0.25) is 14.5 Å². The van der Waals surface area contributed by atoms with Gasteiger partial charge in [-0.2, -0.15) is 8.42 Å². The van der Waals surface area contributed by atoms with E-state index >= 15 is 0 Å². The fraction of sp³-hybridized carbons (Fsp3) is 0.154. The number of thioether (sulfide) groups is 1. The Kier molecular flexibility index (Phi) is 8.70. The van der Waals surface area contributed by atoms with Crippen LogP contribution in [0.3, 0.4) is 0 Å². The van der Waals surface area contributed by atoms with Crippen LogP contribution in [0.4, 0.5) is 9.18 Å². The van der Waals surface area contributed by atoms with E-state index in [0.717, 1.165) is 10.5 Å². The minimum atomic E-state index is -4.14. The van der Waals surface area contributed by atoms with Gasteiger partial charge >= 0.3 is 10.1 Å². The van der Waals surface area contributed by atoms with Crippen molar-refractivity contribution in [3.8, 4) is 11.5 Å². The molecular formula is C26H20ClFINO6S2. The number of halogens is 3. The zero-order valence-corrected chi connectivity index (χ0v) is 24.6. The van der Waals surface area contributed by atoms with Gasteiger partial charge in [-0.15, -0.1) is 0 Å². The fourth-order valence-electron chi connectivity index (χ4n) is 3.51. The Morgan fingerprint density at radius 2 is 1.84 bits per heavy atom. The summed E-state index contributed by atoms with van der Waals surface area (Å²) in [5, 5.41) is -0.454. The van der Waals surface area contributed by atoms with Crippen LogP contribution >= 0.6 is 46.0 Å². The molecule has 1 fully saturated rings. The molecule has 1 heterocycles. The van der Waals surface area contributed by atoms with E-state index in [-0.39, 0.29) is 45.0 Å². The van der Waals surface area contributed by atoms with Gasteiger partial charge in [0, 0.05) is 10.6 Å². The summed E-state index contributed by atoms with van der Waals surface area (Å²) in [6.07, 6.45) is 1.48. The van der Waals surface area contributed by atoms with Crippen molar-refractivity contribution in [1.29, 1.82) is 0 Å². The van der Waals surface area contributed by atoms with Crippen molar-refractivity contribution in [3.05, 3.63) is 90.6 Å². The largest absolute Gasteiger partial charge is 0.490 e. The Morgan fingerprint density at radius 1 is 1.13 bits per heavy atom. The van der Waals surface area contributed by atoms with E-state index in [2.05, 4.69) is 0 Å². The molecule has 0 aromatic heterocycles. The highest BCUT2D eigenvalue weighted by Gasteiger charge is 2.36. The lowest BCUT2D eigenvalue weighted by molar-refractivity contribution is -0.123. The van der Waals surface area contributed by atoms with Crippen molar-refractivity contribution >= 4 is 73.3 Å². The number of carbonyl (C=O) groups is 2.